The van der Waals surface area contributed by atoms with Crippen molar-refractivity contribution in [1.29, 1.82) is 0 Å². The van der Waals surface area contributed by atoms with Crippen molar-refractivity contribution in [2.75, 3.05) is 19.1 Å². The number of benzene rings is 3. The van der Waals surface area contributed by atoms with Crippen LogP contribution in [0.5, 0.6) is 5.75 Å². The third-order valence-corrected chi connectivity index (χ3v) is 5.49. The number of ether oxygens (including phenoxy) is 2. The molecule has 1 N–H and O–H groups in total. The summed E-state index contributed by atoms with van der Waals surface area (Å²) in [6.45, 7) is 0. The molecule has 170 valence electrons. The molecule has 3 aromatic rings. The molecule has 0 aliphatic carbocycles. The van der Waals surface area contributed by atoms with Gasteiger partial charge in [-0.2, -0.15) is 13.2 Å². The number of hydrogen-bond acceptors (Lipinski definition) is 5. The zero-order chi connectivity index (χ0) is 24.0. The molecule has 0 bridgehead atoms. The standard InChI is InChI=1S/C24H18F3NO5/c1-32-18-11-9-17(10-12-18)28-20(16-8-7-14-5-3-4-6-15(14)13-16)19(21(29)33-2)23(31,22(28)30)24(25,26)27/h3-13,31H,1-2H3. The highest BCUT2D eigenvalue weighted by Crippen LogP contribution is 2.49. The van der Waals surface area contributed by atoms with Gasteiger partial charge in [-0.15, -0.1) is 0 Å². The fraction of sp³-hybridized carbons (Fsp3) is 0.167. The van der Waals surface area contributed by atoms with Gasteiger partial charge >= 0.3 is 12.1 Å². The van der Waals surface area contributed by atoms with Crippen LogP contribution in [-0.2, 0) is 14.3 Å². The van der Waals surface area contributed by atoms with Crippen LogP contribution in [0, 0.1) is 0 Å². The lowest BCUT2D eigenvalue weighted by atomic mass is 9.92. The Hall–Kier alpha value is -3.85. The highest BCUT2D eigenvalue weighted by Gasteiger charge is 2.70. The van der Waals surface area contributed by atoms with Crippen molar-refractivity contribution >= 4 is 34.0 Å². The van der Waals surface area contributed by atoms with E-state index in [9.17, 15) is 27.9 Å². The molecule has 0 saturated heterocycles. The molecule has 4 rings (SSSR count). The minimum Gasteiger partial charge on any atom is -0.497 e. The van der Waals surface area contributed by atoms with E-state index in [1.807, 2.05) is 6.07 Å². The maximum atomic E-state index is 14.1. The van der Waals surface area contributed by atoms with Crippen molar-refractivity contribution in [1.82, 2.24) is 0 Å². The molecule has 9 heteroatoms. The molecule has 1 aliphatic rings. The van der Waals surface area contributed by atoms with Crippen LogP contribution in [-0.4, -0.2) is 43.0 Å². The molecule has 33 heavy (non-hydrogen) atoms. The van der Waals surface area contributed by atoms with Crippen LogP contribution < -0.4 is 9.64 Å². The first-order chi connectivity index (χ1) is 15.6. The molecule has 3 aromatic carbocycles. The summed E-state index contributed by atoms with van der Waals surface area (Å²) < 4.78 is 52.0. The number of fused-ring (bicyclic) bond motifs is 1. The molecule has 0 fully saturated rings. The minimum atomic E-state index is -5.49. The zero-order valence-electron chi connectivity index (χ0n) is 17.5. The molecule has 0 spiro atoms. The second-order valence-corrected chi connectivity index (χ2v) is 7.32. The maximum absolute atomic E-state index is 14.1. The number of carbonyl (C=O) groups is 2. The predicted octanol–water partition coefficient (Wildman–Crippen LogP) is 4.07. The average molecular weight is 457 g/mol. The van der Waals surface area contributed by atoms with Crippen LogP contribution in [0.15, 0.2) is 72.3 Å². The van der Waals surface area contributed by atoms with Gasteiger partial charge in [-0.1, -0.05) is 36.4 Å². The highest BCUT2D eigenvalue weighted by atomic mass is 19.4. The number of esters is 1. The largest absolute Gasteiger partial charge is 0.497 e. The van der Waals surface area contributed by atoms with E-state index in [1.165, 1.54) is 37.4 Å². The zero-order valence-corrected chi connectivity index (χ0v) is 17.5. The van der Waals surface area contributed by atoms with Gasteiger partial charge in [-0.05, 0) is 46.7 Å². The normalized spacial score (nSPS) is 18.7. The summed E-state index contributed by atoms with van der Waals surface area (Å²) in [5.74, 6) is -2.80. The fourth-order valence-electron chi connectivity index (χ4n) is 3.85. The molecular formula is C24H18F3NO5. The molecule has 1 heterocycles. The van der Waals surface area contributed by atoms with E-state index >= 15 is 0 Å². The van der Waals surface area contributed by atoms with Gasteiger partial charge < -0.3 is 14.6 Å². The Kier molecular flexibility index (Phi) is 5.37. The van der Waals surface area contributed by atoms with Crippen molar-refractivity contribution in [3.05, 3.63) is 77.9 Å². The minimum absolute atomic E-state index is 0.00513. The molecule has 0 saturated carbocycles. The quantitative estimate of drug-likeness (QED) is 0.598. The number of anilines is 1. The molecule has 0 radical (unpaired) electrons. The second kappa shape index (κ2) is 7.93. The first-order valence-corrected chi connectivity index (χ1v) is 9.73. The van der Waals surface area contributed by atoms with Crippen molar-refractivity contribution in [2.24, 2.45) is 0 Å². The van der Waals surface area contributed by atoms with E-state index < -0.39 is 34.9 Å². The summed E-state index contributed by atoms with van der Waals surface area (Å²) in [6, 6.07) is 17.4. The topological polar surface area (TPSA) is 76.1 Å². The molecule has 1 atom stereocenters. The Balaban J connectivity index is 2.06. The van der Waals surface area contributed by atoms with E-state index in [4.69, 9.17) is 4.74 Å². The van der Waals surface area contributed by atoms with Crippen LogP contribution in [0.25, 0.3) is 16.5 Å². The van der Waals surface area contributed by atoms with Gasteiger partial charge in [-0.25, -0.2) is 4.79 Å². The Morgan fingerprint density at radius 2 is 1.61 bits per heavy atom. The summed E-state index contributed by atoms with van der Waals surface area (Å²) in [5.41, 5.74) is -5.58. The van der Waals surface area contributed by atoms with Gasteiger partial charge in [0.15, 0.2) is 0 Å². The maximum Gasteiger partial charge on any atom is 0.431 e. The van der Waals surface area contributed by atoms with Gasteiger partial charge in [0.25, 0.3) is 11.5 Å². The number of hydrogen-bond donors (Lipinski definition) is 1. The third-order valence-electron chi connectivity index (χ3n) is 5.49. The SMILES string of the molecule is COC(=O)C1=C(c2ccc3ccccc3c2)N(c2ccc(OC)cc2)C(=O)C1(O)C(F)(F)F. The number of alkyl halides is 3. The molecular weight excluding hydrogens is 439 g/mol. The van der Waals surface area contributed by atoms with Gasteiger partial charge in [0.1, 0.15) is 11.3 Å². The van der Waals surface area contributed by atoms with Gasteiger partial charge in [-0.3, -0.25) is 9.69 Å². The van der Waals surface area contributed by atoms with Crippen molar-refractivity contribution in [2.45, 2.75) is 11.8 Å². The number of carbonyl (C=O) groups excluding carboxylic acids is 2. The number of aliphatic hydroxyl groups is 1. The summed E-state index contributed by atoms with van der Waals surface area (Å²) >= 11 is 0. The summed E-state index contributed by atoms with van der Waals surface area (Å²) in [5, 5.41) is 12.2. The molecule has 1 aliphatic heterocycles. The monoisotopic (exact) mass is 457 g/mol. The van der Waals surface area contributed by atoms with Crippen molar-refractivity contribution < 1.29 is 37.3 Å². The fourth-order valence-corrected chi connectivity index (χ4v) is 3.85. The van der Waals surface area contributed by atoms with Crippen molar-refractivity contribution in [3.63, 3.8) is 0 Å². The molecule has 1 unspecified atom stereocenters. The van der Waals surface area contributed by atoms with Gasteiger partial charge in [0.2, 0.25) is 0 Å². The van der Waals surface area contributed by atoms with Crippen LogP contribution in [0.2, 0.25) is 0 Å². The second-order valence-electron chi connectivity index (χ2n) is 7.32. The molecule has 1 amide bonds. The van der Waals surface area contributed by atoms with Gasteiger partial charge in [0, 0.05) is 5.69 Å². The van der Waals surface area contributed by atoms with E-state index in [0.29, 0.717) is 16.0 Å². The average Bonchev–Trinajstić information content (AvgIpc) is 3.06. The predicted molar refractivity (Wildman–Crippen MR) is 114 cm³/mol. The Morgan fingerprint density at radius 3 is 2.18 bits per heavy atom. The summed E-state index contributed by atoms with van der Waals surface area (Å²) in [7, 11) is 2.29. The molecule has 6 nitrogen and oxygen atoms in total. The third kappa shape index (κ3) is 3.41. The van der Waals surface area contributed by atoms with Crippen LogP contribution >= 0.6 is 0 Å². The Labute approximate surface area is 186 Å². The number of nitrogens with zero attached hydrogens (tertiary/aromatic N) is 1. The first kappa shape index (κ1) is 22.3. The highest BCUT2D eigenvalue weighted by molar-refractivity contribution is 6.25. The summed E-state index contributed by atoms with van der Waals surface area (Å²) in [4.78, 5) is 26.5. The van der Waals surface area contributed by atoms with Crippen LogP contribution in [0.1, 0.15) is 5.56 Å². The lowest BCUT2D eigenvalue weighted by molar-refractivity contribution is -0.236. The van der Waals surface area contributed by atoms with Gasteiger partial charge in [0.05, 0.1) is 19.9 Å². The van der Waals surface area contributed by atoms with Crippen molar-refractivity contribution in [3.8, 4) is 5.75 Å². The Bertz CT molecular complexity index is 1280. The lowest BCUT2D eigenvalue weighted by Gasteiger charge is -2.27. The van der Waals surface area contributed by atoms with E-state index in [-0.39, 0.29) is 11.3 Å². The first-order valence-electron chi connectivity index (χ1n) is 9.73. The number of halogens is 3. The van der Waals surface area contributed by atoms with Crippen LogP contribution in [0.4, 0.5) is 18.9 Å². The number of rotatable bonds is 4. The van der Waals surface area contributed by atoms with E-state index in [0.717, 1.165) is 12.5 Å². The van der Waals surface area contributed by atoms with E-state index in [2.05, 4.69) is 4.74 Å². The van der Waals surface area contributed by atoms with Crippen LogP contribution in [0.3, 0.4) is 0 Å². The smallest absolute Gasteiger partial charge is 0.431 e. The summed E-state index contributed by atoms with van der Waals surface area (Å²) in [6.07, 6.45) is -5.49. The number of methoxy groups -OCH3 is 2. The molecule has 0 aromatic heterocycles. The lowest BCUT2D eigenvalue weighted by Crippen LogP contribution is -2.55. The van der Waals surface area contributed by atoms with E-state index in [1.54, 1.807) is 30.3 Å². The Morgan fingerprint density at radius 1 is 0.970 bits per heavy atom. The number of amides is 1.